The molecular weight excluding hydrogens is 256 g/mol. The highest BCUT2D eigenvalue weighted by Crippen LogP contribution is 2.31. The molecule has 0 aliphatic carbocycles. The van der Waals surface area contributed by atoms with Gasteiger partial charge in [0.15, 0.2) is 11.5 Å². The monoisotopic (exact) mass is 270 g/mol. The first kappa shape index (κ1) is 14.3. The van der Waals surface area contributed by atoms with Gasteiger partial charge in [-0.25, -0.2) is 5.43 Å². The number of carbonyl (C=O) groups is 1. The van der Waals surface area contributed by atoms with Crippen molar-refractivity contribution >= 4 is 23.7 Å². The first-order valence-corrected chi connectivity index (χ1v) is 5.64. The van der Waals surface area contributed by atoms with Crippen molar-refractivity contribution in [1.82, 2.24) is 5.43 Å². The lowest BCUT2D eigenvalue weighted by atomic mass is 9.99. The third kappa shape index (κ3) is 3.92. The Balaban J connectivity index is 2.86. The second-order valence-corrected chi connectivity index (χ2v) is 5.29. The Bertz CT molecular complexity index is 493. The standard InChI is InChI=1S/C12H15ClN2O3/c1-12(2,3)6-14-15-11(18)7-4-9(16)10(17)5-8(7)13/h4-6,16-17H,1-3H3,(H,15,18)/b14-6+. The number of halogens is 1. The number of benzene rings is 1. The molecule has 0 bridgehead atoms. The highest BCUT2D eigenvalue weighted by atomic mass is 35.5. The summed E-state index contributed by atoms with van der Waals surface area (Å²) in [7, 11) is 0. The van der Waals surface area contributed by atoms with Crippen LogP contribution >= 0.6 is 11.6 Å². The molecule has 1 amide bonds. The minimum atomic E-state index is -0.559. The minimum absolute atomic E-state index is 0.0359. The molecule has 5 nitrogen and oxygen atoms in total. The third-order valence-electron chi connectivity index (χ3n) is 1.93. The zero-order valence-electron chi connectivity index (χ0n) is 10.4. The van der Waals surface area contributed by atoms with E-state index in [2.05, 4.69) is 10.5 Å². The molecule has 0 aliphatic rings. The molecule has 0 radical (unpaired) electrons. The average molecular weight is 271 g/mol. The van der Waals surface area contributed by atoms with Crippen LogP contribution < -0.4 is 5.43 Å². The summed E-state index contributed by atoms with van der Waals surface area (Å²) in [5, 5.41) is 22.3. The second kappa shape index (κ2) is 5.27. The molecular formula is C12H15ClN2O3. The maximum absolute atomic E-state index is 11.7. The topological polar surface area (TPSA) is 81.9 Å². The van der Waals surface area contributed by atoms with E-state index in [1.807, 2.05) is 20.8 Å². The Morgan fingerprint density at radius 1 is 1.33 bits per heavy atom. The molecule has 1 aromatic carbocycles. The van der Waals surface area contributed by atoms with Gasteiger partial charge in [-0.05, 0) is 11.5 Å². The molecule has 0 atom stereocenters. The lowest BCUT2D eigenvalue weighted by molar-refractivity contribution is 0.0954. The lowest BCUT2D eigenvalue weighted by Gasteiger charge is -2.10. The number of nitrogens with zero attached hydrogens (tertiary/aromatic N) is 1. The number of aromatic hydroxyl groups is 2. The summed E-state index contributed by atoms with van der Waals surface area (Å²) in [4.78, 5) is 11.7. The van der Waals surface area contributed by atoms with Crippen LogP contribution in [-0.2, 0) is 0 Å². The summed E-state index contributed by atoms with van der Waals surface area (Å²) in [5.74, 6) is -1.35. The fourth-order valence-electron chi connectivity index (χ4n) is 1.07. The Morgan fingerprint density at radius 2 is 1.89 bits per heavy atom. The number of hydrogen-bond acceptors (Lipinski definition) is 4. The molecule has 0 saturated heterocycles. The van der Waals surface area contributed by atoms with Gasteiger partial charge in [0.25, 0.3) is 5.91 Å². The summed E-state index contributed by atoms with van der Waals surface area (Å²) >= 11 is 5.78. The van der Waals surface area contributed by atoms with Crippen LogP contribution in [0, 0.1) is 5.41 Å². The second-order valence-electron chi connectivity index (χ2n) is 4.89. The van der Waals surface area contributed by atoms with Crippen LogP contribution in [0.2, 0.25) is 5.02 Å². The van der Waals surface area contributed by atoms with Gasteiger partial charge in [0.1, 0.15) is 0 Å². The Morgan fingerprint density at radius 3 is 2.44 bits per heavy atom. The summed E-state index contributed by atoms with van der Waals surface area (Å²) in [6.45, 7) is 5.80. The molecule has 6 heteroatoms. The van der Waals surface area contributed by atoms with E-state index >= 15 is 0 Å². The van der Waals surface area contributed by atoms with Gasteiger partial charge in [-0.3, -0.25) is 4.79 Å². The maximum Gasteiger partial charge on any atom is 0.273 e. The average Bonchev–Trinajstić information content (AvgIpc) is 2.21. The molecule has 3 N–H and O–H groups in total. The third-order valence-corrected chi connectivity index (χ3v) is 2.24. The van der Waals surface area contributed by atoms with Gasteiger partial charge < -0.3 is 10.2 Å². The van der Waals surface area contributed by atoms with Crippen LogP contribution in [0.15, 0.2) is 17.2 Å². The number of hydrogen-bond donors (Lipinski definition) is 3. The number of phenols is 2. The van der Waals surface area contributed by atoms with E-state index < -0.39 is 11.7 Å². The van der Waals surface area contributed by atoms with Gasteiger partial charge in [-0.15, -0.1) is 0 Å². The van der Waals surface area contributed by atoms with E-state index in [1.165, 1.54) is 0 Å². The molecule has 1 aromatic rings. The van der Waals surface area contributed by atoms with E-state index in [4.69, 9.17) is 11.6 Å². The van der Waals surface area contributed by atoms with Crippen molar-refractivity contribution in [2.75, 3.05) is 0 Å². The zero-order chi connectivity index (χ0) is 13.9. The van der Waals surface area contributed by atoms with E-state index in [1.54, 1.807) is 6.21 Å². The predicted octanol–water partition coefficient (Wildman–Crippen LogP) is 2.51. The van der Waals surface area contributed by atoms with Crippen molar-refractivity contribution in [3.63, 3.8) is 0 Å². The van der Waals surface area contributed by atoms with E-state index in [0.29, 0.717) is 0 Å². The lowest BCUT2D eigenvalue weighted by Crippen LogP contribution is -2.20. The van der Waals surface area contributed by atoms with Crippen molar-refractivity contribution in [3.8, 4) is 11.5 Å². The molecule has 0 heterocycles. The molecule has 18 heavy (non-hydrogen) atoms. The fourth-order valence-corrected chi connectivity index (χ4v) is 1.31. The van der Waals surface area contributed by atoms with Crippen LogP contribution in [0.3, 0.4) is 0 Å². The van der Waals surface area contributed by atoms with Crippen molar-refractivity contribution in [1.29, 1.82) is 0 Å². The minimum Gasteiger partial charge on any atom is -0.504 e. The molecule has 0 fully saturated rings. The van der Waals surface area contributed by atoms with Crippen LogP contribution in [0.4, 0.5) is 0 Å². The van der Waals surface area contributed by atoms with Gasteiger partial charge >= 0.3 is 0 Å². The van der Waals surface area contributed by atoms with Gasteiger partial charge in [-0.2, -0.15) is 5.10 Å². The molecule has 0 unspecified atom stereocenters. The van der Waals surface area contributed by atoms with Crippen LogP contribution in [0.5, 0.6) is 11.5 Å². The number of rotatable bonds is 2. The largest absolute Gasteiger partial charge is 0.504 e. The highest BCUT2D eigenvalue weighted by molar-refractivity contribution is 6.34. The van der Waals surface area contributed by atoms with E-state index in [9.17, 15) is 15.0 Å². The smallest absolute Gasteiger partial charge is 0.273 e. The van der Waals surface area contributed by atoms with Gasteiger partial charge in [0.05, 0.1) is 10.6 Å². The van der Waals surface area contributed by atoms with Crippen molar-refractivity contribution < 1.29 is 15.0 Å². The summed E-state index contributed by atoms with van der Waals surface area (Å²) in [5.41, 5.74) is 2.18. The number of nitrogens with one attached hydrogen (secondary N) is 1. The van der Waals surface area contributed by atoms with Gasteiger partial charge in [0, 0.05) is 12.3 Å². The molecule has 0 saturated carbocycles. The predicted molar refractivity (Wildman–Crippen MR) is 70.2 cm³/mol. The van der Waals surface area contributed by atoms with Crippen molar-refractivity contribution in [2.24, 2.45) is 10.5 Å². The normalized spacial score (nSPS) is 11.8. The van der Waals surface area contributed by atoms with Crippen molar-refractivity contribution in [3.05, 3.63) is 22.7 Å². The number of amides is 1. The maximum atomic E-state index is 11.7. The summed E-state index contributed by atoms with van der Waals surface area (Å²) < 4.78 is 0. The zero-order valence-corrected chi connectivity index (χ0v) is 11.1. The van der Waals surface area contributed by atoms with Crippen LogP contribution in [0.25, 0.3) is 0 Å². The van der Waals surface area contributed by atoms with Crippen molar-refractivity contribution in [2.45, 2.75) is 20.8 Å². The van der Waals surface area contributed by atoms with Crippen LogP contribution in [-0.4, -0.2) is 22.3 Å². The Hall–Kier alpha value is -1.75. The molecule has 0 spiro atoms. The molecule has 1 rings (SSSR count). The Kier molecular flexibility index (Phi) is 4.19. The highest BCUT2D eigenvalue weighted by Gasteiger charge is 2.14. The number of hydrazone groups is 1. The van der Waals surface area contributed by atoms with E-state index in [0.717, 1.165) is 12.1 Å². The Labute approximate surface area is 110 Å². The molecule has 0 aliphatic heterocycles. The molecule has 0 aromatic heterocycles. The van der Waals surface area contributed by atoms with E-state index in [-0.39, 0.29) is 21.8 Å². The van der Waals surface area contributed by atoms with Gasteiger partial charge in [0.2, 0.25) is 0 Å². The van der Waals surface area contributed by atoms with Crippen LogP contribution in [0.1, 0.15) is 31.1 Å². The van der Waals surface area contributed by atoms with Gasteiger partial charge in [-0.1, -0.05) is 32.4 Å². The first-order chi connectivity index (χ1) is 8.20. The summed E-state index contributed by atoms with van der Waals surface area (Å²) in [6.07, 6.45) is 1.58. The fraction of sp³-hybridized carbons (Fsp3) is 0.333. The quantitative estimate of drug-likeness (QED) is 0.439. The molecule has 98 valence electrons. The SMILES string of the molecule is CC(C)(C)/C=N/NC(=O)c1cc(O)c(O)cc1Cl. The number of phenolic OH excluding ortho intramolecular Hbond substituents is 2. The first-order valence-electron chi connectivity index (χ1n) is 5.27. The number of carbonyl (C=O) groups excluding carboxylic acids is 1. The summed E-state index contributed by atoms with van der Waals surface area (Å²) in [6, 6.07) is 2.18.